The molecule has 1 heterocycles. The predicted octanol–water partition coefficient (Wildman–Crippen LogP) is 2.43. The zero-order valence-corrected chi connectivity index (χ0v) is 12.0. The summed E-state index contributed by atoms with van der Waals surface area (Å²) in [5, 5.41) is 14.4. The summed E-state index contributed by atoms with van der Waals surface area (Å²) in [5.74, 6) is 2.17. The van der Waals surface area contributed by atoms with Crippen molar-refractivity contribution < 1.29 is 14.6 Å². The molecule has 2 rings (SSSR count). The Bertz CT molecular complexity index is 583. The fourth-order valence-electron chi connectivity index (χ4n) is 2.10. The molecule has 0 bridgehead atoms. The van der Waals surface area contributed by atoms with Gasteiger partial charge in [0.2, 0.25) is 0 Å². The van der Waals surface area contributed by atoms with Crippen LogP contribution in [0.15, 0.2) is 24.4 Å². The Morgan fingerprint density at radius 1 is 1.25 bits per heavy atom. The number of rotatable bonds is 6. The summed E-state index contributed by atoms with van der Waals surface area (Å²) in [5.41, 5.74) is 0. The second-order valence-corrected chi connectivity index (χ2v) is 4.52. The van der Waals surface area contributed by atoms with Crippen molar-refractivity contribution in [2.75, 3.05) is 26.1 Å². The SMILES string of the molecule is CCC(CO)Nc1nccc2c(OC)cc(OC)cc12. The first-order valence-corrected chi connectivity index (χ1v) is 6.61. The molecule has 1 aromatic heterocycles. The van der Waals surface area contributed by atoms with Crippen LogP contribution in [0.1, 0.15) is 13.3 Å². The first-order valence-electron chi connectivity index (χ1n) is 6.61. The molecule has 0 fully saturated rings. The van der Waals surface area contributed by atoms with E-state index in [0.29, 0.717) is 5.75 Å². The quantitative estimate of drug-likeness (QED) is 0.848. The molecule has 5 heteroatoms. The number of anilines is 1. The minimum absolute atomic E-state index is 0.0229. The van der Waals surface area contributed by atoms with Crippen molar-refractivity contribution >= 4 is 16.6 Å². The molecule has 0 saturated carbocycles. The van der Waals surface area contributed by atoms with Crippen LogP contribution in [0.3, 0.4) is 0 Å². The first-order chi connectivity index (χ1) is 9.73. The van der Waals surface area contributed by atoms with Crippen LogP contribution in [-0.4, -0.2) is 37.0 Å². The van der Waals surface area contributed by atoms with Gasteiger partial charge in [-0.2, -0.15) is 0 Å². The molecule has 1 atom stereocenters. The molecule has 2 N–H and O–H groups in total. The Kier molecular flexibility index (Phi) is 4.63. The van der Waals surface area contributed by atoms with E-state index in [1.54, 1.807) is 20.4 Å². The second kappa shape index (κ2) is 6.43. The summed E-state index contributed by atoms with van der Waals surface area (Å²) >= 11 is 0. The molecule has 0 aliphatic rings. The molecule has 1 unspecified atom stereocenters. The van der Waals surface area contributed by atoms with Crippen molar-refractivity contribution in [1.82, 2.24) is 4.98 Å². The molecule has 0 radical (unpaired) electrons. The smallest absolute Gasteiger partial charge is 0.134 e. The van der Waals surface area contributed by atoms with Gasteiger partial charge in [-0.05, 0) is 18.6 Å². The Morgan fingerprint density at radius 2 is 2.05 bits per heavy atom. The molecule has 0 aliphatic heterocycles. The van der Waals surface area contributed by atoms with E-state index < -0.39 is 0 Å². The average Bonchev–Trinajstić information content (AvgIpc) is 2.51. The lowest BCUT2D eigenvalue weighted by molar-refractivity contribution is 0.271. The minimum Gasteiger partial charge on any atom is -0.497 e. The lowest BCUT2D eigenvalue weighted by Gasteiger charge is -2.17. The monoisotopic (exact) mass is 276 g/mol. The average molecular weight is 276 g/mol. The van der Waals surface area contributed by atoms with Crippen molar-refractivity contribution in [1.29, 1.82) is 0 Å². The van der Waals surface area contributed by atoms with E-state index in [1.807, 2.05) is 25.1 Å². The molecule has 108 valence electrons. The van der Waals surface area contributed by atoms with Gasteiger partial charge in [-0.1, -0.05) is 6.92 Å². The topological polar surface area (TPSA) is 63.6 Å². The fraction of sp³-hybridized carbons (Fsp3) is 0.400. The zero-order chi connectivity index (χ0) is 14.5. The molecule has 20 heavy (non-hydrogen) atoms. The number of hydrogen-bond donors (Lipinski definition) is 2. The van der Waals surface area contributed by atoms with Gasteiger partial charge in [0.15, 0.2) is 0 Å². The third-order valence-electron chi connectivity index (χ3n) is 3.33. The third kappa shape index (κ3) is 2.77. The number of nitrogens with one attached hydrogen (secondary N) is 1. The van der Waals surface area contributed by atoms with E-state index in [2.05, 4.69) is 10.3 Å². The molecule has 2 aromatic rings. The number of ether oxygens (including phenoxy) is 2. The summed E-state index contributed by atoms with van der Waals surface area (Å²) in [7, 11) is 3.25. The second-order valence-electron chi connectivity index (χ2n) is 4.52. The number of hydrogen-bond acceptors (Lipinski definition) is 5. The molecule has 0 saturated heterocycles. The molecule has 5 nitrogen and oxygen atoms in total. The van der Waals surface area contributed by atoms with Gasteiger partial charge < -0.3 is 19.9 Å². The van der Waals surface area contributed by atoms with Crippen molar-refractivity contribution in [3.8, 4) is 11.5 Å². The minimum atomic E-state index is -0.0229. The summed E-state index contributed by atoms with van der Waals surface area (Å²) in [6, 6.07) is 5.64. The van der Waals surface area contributed by atoms with Gasteiger partial charge in [0, 0.05) is 23.0 Å². The summed E-state index contributed by atoms with van der Waals surface area (Å²) < 4.78 is 10.7. The van der Waals surface area contributed by atoms with Gasteiger partial charge in [-0.15, -0.1) is 0 Å². The molecular formula is C15H20N2O3. The highest BCUT2D eigenvalue weighted by Crippen LogP contribution is 2.34. The zero-order valence-electron chi connectivity index (χ0n) is 12.0. The largest absolute Gasteiger partial charge is 0.497 e. The number of pyridine rings is 1. The van der Waals surface area contributed by atoms with Crippen LogP contribution in [0.2, 0.25) is 0 Å². The van der Waals surface area contributed by atoms with Gasteiger partial charge in [0.05, 0.1) is 26.9 Å². The number of aliphatic hydroxyl groups excluding tert-OH is 1. The predicted molar refractivity (Wildman–Crippen MR) is 79.6 cm³/mol. The fourth-order valence-corrected chi connectivity index (χ4v) is 2.10. The van der Waals surface area contributed by atoms with Crippen molar-refractivity contribution in [2.45, 2.75) is 19.4 Å². The van der Waals surface area contributed by atoms with E-state index in [0.717, 1.165) is 28.8 Å². The normalized spacial score (nSPS) is 12.2. The van der Waals surface area contributed by atoms with E-state index in [4.69, 9.17) is 9.47 Å². The van der Waals surface area contributed by atoms with Gasteiger partial charge in [-0.25, -0.2) is 4.98 Å². The molecular weight excluding hydrogens is 256 g/mol. The highest BCUT2D eigenvalue weighted by atomic mass is 16.5. The summed E-state index contributed by atoms with van der Waals surface area (Å²) in [6.07, 6.45) is 2.54. The van der Waals surface area contributed by atoms with Crippen LogP contribution in [-0.2, 0) is 0 Å². The van der Waals surface area contributed by atoms with Crippen molar-refractivity contribution in [3.05, 3.63) is 24.4 Å². The molecule has 1 aromatic carbocycles. The number of aliphatic hydroxyl groups is 1. The van der Waals surface area contributed by atoms with Crippen LogP contribution in [0.4, 0.5) is 5.82 Å². The maximum absolute atomic E-state index is 9.32. The summed E-state index contributed by atoms with van der Waals surface area (Å²) in [6.45, 7) is 2.08. The lowest BCUT2D eigenvalue weighted by atomic mass is 10.1. The van der Waals surface area contributed by atoms with E-state index in [-0.39, 0.29) is 12.6 Å². The number of methoxy groups -OCH3 is 2. The van der Waals surface area contributed by atoms with Gasteiger partial charge >= 0.3 is 0 Å². The highest BCUT2D eigenvalue weighted by Gasteiger charge is 2.12. The third-order valence-corrected chi connectivity index (χ3v) is 3.33. The maximum Gasteiger partial charge on any atom is 0.134 e. The Labute approximate surface area is 118 Å². The van der Waals surface area contributed by atoms with E-state index >= 15 is 0 Å². The number of aromatic nitrogens is 1. The van der Waals surface area contributed by atoms with Gasteiger partial charge in [0.25, 0.3) is 0 Å². The standard InChI is InChI=1S/C15H20N2O3/c1-4-10(9-18)17-15-13-7-11(19-2)8-14(20-3)12(13)5-6-16-15/h5-8,10,18H,4,9H2,1-3H3,(H,16,17). The Balaban J connectivity index is 2.54. The van der Waals surface area contributed by atoms with Gasteiger partial charge in [-0.3, -0.25) is 0 Å². The molecule has 0 aliphatic carbocycles. The molecule has 0 amide bonds. The first kappa shape index (κ1) is 14.4. The number of fused-ring (bicyclic) bond motifs is 1. The van der Waals surface area contributed by atoms with E-state index in [1.165, 1.54) is 0 Å². The number of benzene rings is 1. The lowest BCUT2D eigenvalue weighted by Crippen LogP contribution is -2.23. The Morgan fingerprint density at radius 3 is 2.65 bits per heavy atom. The van der Waals surface area contributed by atoms with Crippen LogP contribution < -0.4 is 14.8 Å². The summed E-state index contributed by atoms with van der Waals surface area (Å²) in [4.78, 5) is 4.36. The van der Waals surface area contributed by atoms with Crippen molar-refractivity contribution in [2.24, 2.45) is 0 Å². The van der Waals surface area contributed by atoms with Crippen LogP contribution >= 0.6 is 0 Å². The van der Waals surface area contributed by atoms with Crippen LogP contribution in [0.25, 0.3) is 10.8 Å². The Hall–Kier alpha value is -2.01. The van der Waals surface area contributed by atoms with Gasteiger partial charge in [0.1, 0.15) is 17.3 Å². The molecule has 0 spiro atoms. The maximum atomic E-state index is 9.32. The van der Waals surface area contributed by atoms with Crippen LogP contribution in [0, 0.1) is 0 Å². The van der Waals surface area contributed by atoms with E-state index in [9.17, 15) is 5.11 Å². The highest BCUT2D eigenvalue weighted by molar-refractivity contribution is 5.97. The van der Waals surface area contributed by atoms with Crippen molar-refractivity contribution in [3.63, 3.8) is 0 Å². The van der Waals surface area contributed by atoms with Crippen LogP contribution in [0.5, 0.6) is 11.5 Å². The number of nitrogens with zero attached hydrogens (tertiary/aromatic N) is 1.